The fourth-order valence-electron chi connectivity index (χ4n) is 1.08. The van der Waals surface area contributed by atoms with Crippen LogP contribution in [0.4, 0.5) is 0 Å². The van der Waals surface area contributed by atoms with Crippen LogP contribution in [0.3, 0.4) is 0 Å². The number of halogens is 2. The van der Waals surface area contributed by atoms with Gasteiger partial charge in [0.1, 0.15) is 0 Å². The first-order valence-corrected chi connectivity index (χ1v) is 6.04. The van der Waals surface area contributed by atoms with Gasteiger partial charge >= 0.3 is 0 Å². The Hall–Kier alpha value is -1.20. The van der Waals surface area contributed by atoms with Crippen LogP contribution in [0.25, 0.3) is 0 Å². The van der Waals surface area contributed by atoms with E-state index in [1.807, 2.05) is 0 Å². The molecule has 0 saturated carbocycles. The molecule has 5 nitrogen and oxygen atoms in total. The molecule has 1 aromatic heterocycles. The van der Waals surface area contributed by atoms with Gasteiger partial charge in [0.05, 0.1) is 0 Å². The molecule has 0 unspecified atom stereocenters. The van der Waals surface area contributed by atoms with Gasteiger partial charge in [0.2, 0.25) is 0 Å². The molecule has 0 aromatic carbocycles. The van der Waals surface area contributed by atoms with Crippen molar-refractivity contribution in [3.63, 3.8) is 0 Å². The van der Waals surface area contributed by atoms with Crippen LogP contribution in [0, 0.1) is 0 Å². The lowest BCUT2D eigenvalue weighted by molar-refractivity contribution is 0.0903. The first kappa shape index (κ1) is 13.9. The molecule has 0 spiro atoms. The van der Waals surface area contributed by atoms with E-state index in [-0.39, 0.29) is 11.5 Å². The number of hydrogen-bond donors (Lipinski definition) is 2. The number of carbonyl (C=O) groups excluding carboxylic acids is 2. The van der Waals surface area contributed by atoms with Gasteiger partial charge in [-0.25, -0.2) is 0 Å². The van der Waals surface area contributed by atoms with E-state index < -0.39 is 11.8 Å². The zero-order valence-corrected chi connectivity index (χ0v) is 10.5. The van der Waals surface area contributed by atoms with Crippen molar-refractivity contribution in [2.45, 2.75) is 0 Å². The zero-order chi connectivity index (χ0) is 12.7. The Kier molecular flexibility index (Phi) is 5.86. The quantitative estimate of drug-likeness (QED) is 0.769. The largest absolute Gasteiger partial charge is 0.446 e. The molecule has 0 radical (unpaired) electrons. The maximum atomic E-state index is 11.4. The van der Waals surface area contributed by atoms with E-state index in [2.05, 4.69) is 10.6 Å². The monoisotopic (exact) mass is 278 g/mol. The number of carbonyl (C=O) groups is 2. The summed E-state index contributed by atoms with van der Waals surface area (Å²) in [5.74, 6) is -0.0215. The molecule has 2 N–H and O–H groups in total. The summed E-state index contributed by atoms with van der Waals surface area (Å²) in [6, 6.07) is 2.86. The Bertz CT molecular complexity index is 358. The Morgan fingerprint density at radius 2 is 1.41 bits per heavy atom. The van der Waals surface area contributed by atoms with E-state index in [1.54, 1.807) is 0 Å². The lowest BCUT2D eigenvalue weighted by Gasteiger charge is -2.00. The third-order valence-electron chi connectivity index (χ3n) is 1.81. The van der Waals surface area contributed by atoms with Crippen molar-refractivity contribution in [1.82, 2.24) is 10.6 Å². The van der Waals surface area contributed by atoms with Gasteiger partial charge < -0.3 is 15.1 Å². The Morgan fingerprint density at radius 3 is 1.76 bits per heavy atom. The summed E-state index contributed by atoms with van der Waals surface area (Å²) in [6.07, 6.45) is 0. The van der Waals surface area contributed by atoms with Gasteiger partial charge in [0.25, 0.3) is 11.8 Å². The molecule has 0 atom stereocenters. The third kappa shape index (κ3) is 4.28. The fourth-order valence-corrected chi connectivity index (χ4v) is 1.27. The highest BCUT2D eigenvalue weighted by Gasteiger charge is 2.14. The highest BCUT2D eigenvalue weighted by atomic mass is 35.5. The standard InChI is InChI=1S/C10H12Cl2N2O3/c11-3-5-13-9(15)7-1-2-8(17-7)10(16)14-6-4-12/h1-2H,3-6H2,(H,13,15)(H,14,16). The topological polar surface area (TPSA) is 71.3 Å². The summed E-state index contributed by atoms with van der Waals surface area (Å²) in [4.78, 5) is 22.9. The minimum absolute atomic E-state index is 0.0751. The van der Waals surface area contributed by atoms with Crippen molar-refractivity contribution in [3.8, 4) is 0 Å². The molecule has 1 heterocycles. The summed E-state index contributed by atoms with van der Waals surface area (Å²) in [7, 11) is 0. The second-order valence-electron chi connectivity index (χ2n) is 3.05. The van der Waals surface area contributed by atoms with E-state index in [0.717, 1.165) is 0 Å². The summed E-state index contributed by atoms with van der Waals surface area (Å²) in [5, 5.41) is 5.05. The maximum absolute atomic E-state index is 11.4. The molecule has 0 aliphatic rings. The molecular formula is C10H12Cl2N2O3. The molecule has 1 aromatic rings. The average Bonchev–Trinajstić information content (AvgIpc) is 2.82. The van der Waals surface area contributed by atoms with Crippen LogP contribution in [0.5, 0.6) is 0 Å². The summed E-state index contributed by atoms with van der Waals surface area (Å²) >= 11 is 10.8. The van der Waals surface area contributed by atoms with Crippen LogP contribution in [0.15, 0.2) is 16.5 Å². The molecule has 7 heteroatoms. The first-order valence-electron chi connectivity index (χ1n) is 4.97. The Balaban J connectivity index is 2.58. The second kappa shape index (κ2) is 7.19. The van der Waals surface area contributed by atoms with Crippen LogP contribution >= 0.6 is 23.2 Å². The molecule has 17 heavy (non-hydrogen) atoms. The summed E-state index contributed by atoms with van der Waals surface area (Å²) in [5.41, 5.74) is 0. The number of alkyl halides is 2. The number of furan rings is 1. The van der Waals surface area contributed by atoms with Gasteiger partial charge in [0, 0.05) is 24.8 Å². The van der Waals surface area contributed by atoms with Crippen LogP contribution in [-0.4, -0.2) is 36.7 Å². The SMILES string of the molecule is O=C(NCCCl)c1ccc(C(=O)NCCCl)o1. The molecule has 0 fully saturated rings. The predicted molar refractivity (Wildman–Crippen MR) is 64.8 cm³/mol. The minimum Gasteiger partial charge on any atom is -0.446 e. The van der Waals surface area contributed by atoms with Crippen molar-refractivity contribution in [1.29, 1.82) is 0 Å². The van der Waals surface area contributed by atoms with Crippen molar-refractivity contribution >= 4 is 35.0 Å². The molecule has 0 aliphatic heterocycles. The minimum atomic E-state index is -0.401. The van der Waals surface area contributed by atoms with Crippen LogP contribution in [0.2, 0.25) is 0 Å². The van der Waals surface area contributed by atoms with Crippen LogP contribution in [-0.2, 0) is 0 Å². The normalized spacial score (nSPS) is 10.0. The highest BCUT2D eigenvalue weighted by Crippen LogP contribution is 2.07. The first-order chi connectivity index (χ1) is 8.19. The van der Waals surface area contributed by atoms with E-state index in [4.69, 9.17) is 27.6 Å². The van der Waals surface area contributed by atoms with Gasteiger partial charge in [-0.05, 0) is 12.1 Å². The third-order valence-corrected chi connectivity index (χ3v) is 2.19. The second-order valence-corrected chi connectivity index (χ2v) is 3.81. The lowest BCUT2D eigenvalue weighted by atomic mass is 10.4. The molecule has 94 valence electrons. The van der Waals surface area contributed by atoms with E-state index in [1.165, 1.54) is 12.1 Å². The molecule has 0 aliphatic carbocycles. The van der Waals surface area contributed by atoms with Gasteiger partial charge in [-0.3, -0.25) is 9.59 Å². The number of nitrogens with one attached hydrogen (secondary N) is 2. The Labute approximate surface area is 108 Å². The van der Waals surface area contributed by atoms with Gasteiger partial charge in [-0.2, -0.15) is 0 Å². The van der Waals surface area contributed by atoms with Crippen molar-refractivity contribution in [3.05, 3.63) is 23.7 Å². The van der Waals surface area contributed by atoms with Crippen LogP contribution < -0.4 is 10.6 Å². The van der Waals surface area contributed by atoms with E-state index >= 15 is 0 Å². The molecular weight excluding hydrogens is 267 g/mol. The molecule has 1 rings (SSSR count). The van der Waals surface area contributed by atoms with Crippen molar-refractivity contribution in [2.24, 2.45) is 0 Å². The number of hydrogen-bond acceptors (Lipinski definition) is 3. The predicted octanol–water partition coefficient (Wildman–Crippen LogP) is 1.22. The van der Waals surface area contributed by atoms with E-state index in [0.29, 0.717) is 24.8 Å². The molecule has 0 saturated heterocycles. The van der Waals surface area contributed by atoms with Gasteiger partial charge in [0.15, 0.2) is 11.5 Å². The lowest BCUT2D eigenvalue weighted by Crippen LogP contribution is -2.26. The summed E-state index contributed by atoms with van der Waals surface area (Å²) < 4.78 is 5.09. The Morgan fingerprint density at radius 1 is 1.00 bits per heavy atom. The van der Waals surface area contributed by atoms with Crippen molar-refractivity contribution in [2.75, 3.05) is 24.8 Å². The number of rotatable bonds is 6. The van der Waals surface area contributed by atoms with Gasteiger partial charge in [-0.15, -0.1) is 23.2 Å². The highest BCUT2D eigenvalue weighted by molar-refractivity contribution is 6.18. The van der Waals surface area contributed by atoms with Gasteiger partial charge in [-0.1, -0.05) is 0 Å². The molecule has 0 bridgehead atoms. The fraction of sp³-hybridized carbons (Fsp3) is 0.400. The average molecular weight is 279 g/mol. The smallest absolute Gasteiger partial charge is 0.287 e. The summed E-state index contributed by atoms with van der Waals surface area (Å²) in [6.45, 7) is 0.684. The van der Waals surface area contributed by atoms with E-state index in [9.17, 15) is 9.59 Å². The number of amides is 2. The molecule has 2 amide bonds. The maximum Gasteiger partial charge on any atom is 0.287 e. The van der Waals surface area contributed by atoms with Crippen LogP contribution in [0.1, 0.15) is 21.1 Å². The zero-order valence-electron chi connectivity index (χ0n) is 8.96. The van der Waals surface area contributed by atoms with Crippen molar-refractivity contribution < 1.29 is 14.0 Å².